The number of carboxylic acids is 1. The first-order valence-electron chi connectivity index (χ1n) is 6.48. The summed E-state index contributed by atoms with van der Waals surface area (Å²) in [6.45, 7) is 1.88. The lowest BCUT2D eigenvalue weighted by molar-refractivity contribution is 0.0699. The zero-order chi connectivity index (χ0) is 15.0. The number of aromatic nitrogens is 3. The van der Waals surface area contributed by atoms with Crippen LogP contribution in [-0.2, 0) is 6.42 Å². The normalized spacial score (nSPS) is 11.0. The molecule has 5 nitrogen and oxygen atoms in total. The van der Waals surface area contributed by atoms with Crippen molar-refractivity contribution in [2.75, 3.05) is 0 Å². The number of hydrogen-bond acceptors (Lipinski definition) is 3. The van der Waals surface area contributed by atoms with Crippen molar-refractivity contribution >= 4 is 17.0 Å². The third-order valence-electron chi connectivity index (χ3n) is 3.25. The first-order valence-corrected chi connectivity index (χ1v) is 6.48. The van der Waals surface area contributed by atoms with Crippen molar-refractivity contribution in [2.45, 2.75) is 13.3 Å². The van der Waals surface area contributed by atoms with Gasteiger partial charge in [-0.1, -0.05) is 19.1 Å². The topological polar surface area (TPSA) is 78.9 Å². The van der Waals surface area contributed by atoms with E-state index >= 15 is 0 Å². The molecule has 1 aromatic carbocycles. The maximum absolute atomic E-state index is 14.1. The van der Waals surface area contributed by atoms with E-state index in [0.29, 0.717) is 29.0 Å². The Labute approximate surface area is 119 Å². The second kappa shape index (κ2) is 4.97. The van der Waals surface area contributed by atoms with Gasteiger partial charge in [-0.15, -0.1) is 0 Å². The maximum atomic E-state index is 14.1. The summed E-state index contributed by atoms with van der Waals surface area (Å²) in [5, 5.41) is 9.59. The van der Waals surface area contributed by atoms with Crippen LogP contribution in [0.25, 0.3) is 22.3 Å². The number of H-pyrrole nitrogens is 1. The van der Waals surface area contributed by atoms with Crippen molar-refractivity contribution in [3.05, 3.63) is 47.7 Å². The van der Waals surface area contributed by atoms with Crippen LogP contribution >= 0.6 is 0 Å². The van der Waals surface area contributed by atoms with Gasteiger partial charge in [-0.25, -0.2) is 19.2 Å². The molecule has 3 rings (SSSR count). The van der Waals surface area contributed by atoms with Gasteiger partial charge < -0.3 is 10.1 Å². The Hall–Kier alpha value is -2.76. The van der Waals surface area contributed by atoms with Crippen LogP contribution < -0.4 is 0 Å². The molecule has 0 unspecified atom stereocenters. The summed E-state index contributed by atoms with van der Waals surface area (Å²) in [6, 6.07) is 6.16. The standard InChI is InChI=1S/C15H12FN3O2/c1-2-11-18-13(8-5-3-4-6-10(8)16)12-9(15(20)21)7-17-14(12)19-11/h3-7H,2H2,1H3,(H,20,21)(H,17,18,19). The van der Waals surface area contributed by atoms with Gasteiger partial charge in [0.05, 0.1) is 16.6 Å². The van der Waals surface area contributed by atoms with Gasteiger partial charge in [-0.2, -0.15) is 0 Å². The monoisotopic (exact) mass is 285 g/mol. The summed E-state index contributed by atoms with van der Waals surface area (Å²) in [7, 11) is 0. The number of benzene rings is 1. The highest BCUT2D eigenvalue weighted by atomic mass is 19.1. The molecule has 0 atom stereocenters. The number of aromatic amines is 1. The van der Waals surface area contributed by atoms with Crippen LogP contribution in [0, 0.1) is 5.82 Å². The van der Waals surface area contributed by atoms with Crippen molar-refractivity contribution in [3.63, 3.8) is 0 Å². The number of halogens is 1. The fourth-order valence-electron chi connectivity index (χ4n) is 2.25. The summed E-state index contributed by atoms with van der Waals surface area (Å²) in [6.07, 6.45) is 1.92. The quantitative estimate of drug-likeness (QED) is 0.775. The molecule has 0 radical (unpaired) electrons. The Morgan fingerprint density at radius 3 is 2.76 bits per heavy atom. The minimum atomic E-state index is -1.10. The van der Waals surface area contributed by atoms with E-state index in [4.69, 9.17) is 0 Å². The number of rotatable bonds is 3. The van der Waals surface area contributed by atoms with Gasteiger partial charge in [0.1, 0.15) is 17.3 Å². The van der Waals surface area contributed by atoms with Crippen LogP contribution in [-0.4, -0.2) is 26.0 Å². The van der Waals surface area contributed by atoms with Crippen LogP contribution in [0.1, 0.15) is 23.1 Å². The van der Waals surface area contributed by atoms with E-state index in [-0.39, 0.29) is 11.1 Å². The van der Waals surface area contributed by atoms with Gasteiger partial charge in [-0.3, -0.25) is 0 Å². The van der Waals surface area contributed by atoms with Crippen LogP contribution in [0.5, 0.6) is 0 Å². The van der Waals surface area contributed by atoms with Gasteiger partial charge >= 0.3 is 5.97 Å². The van der Waals surface area contributed by atoms with Gasteiger partial charge in [0.25, 0.3) is 0 Å². The zero-order valence-corrected chi connectivity index (χ0v) is 11.2. The van der Waals surface area contributed by atoms with Crippen LogP contribution in [0.3, 0.4) is 0 Å². The van der Waals surface area contributed by atoms with Gasteiger partial charge in [0, 0.05) is 18.2 Å². The summed E-state index contributed by atoms with van der Waals surface area (Å²) in [4.78, 5) is 22.7. The number of carbonyl (C=O) groups is 1. The zero-order valence-electron chi connectivity index (χ0n) is 11.2. The highest BCUT2D eigenvalue weighted by Crippen LogP contribution is 2.30. The average Bonchev–Trinajstić information content (AvgIpc) is 2.91. The summed E-state index contributed by atoms with van der Waals surface area (Å²) < 4.78 is 14.1. The first-order chi connectivity index (χ1) is 10.1. The Bertz CT molecular complexity index is 842. The van der Waals surface area contributed by atoms with E-state index in [1.54, 1.807) is 18.2 Å². The second-order valence-electron chi connectivity index (χ2n) is 4.55. The largest absolute Gasteiger partial charge is 0.478 e. The van der Waals surface area contributed by atoms with E-state index < -0.39 is 11.8 Å². The Morgan fingerprint density at radius 1 is 1.33 bits per heavy atom. The van der Waals surface area contributed by atoms with Crippen LogP contribution in [0.4, 0.5) is 4.39 Å². The number of aryl methyl sites for hydroxylation is 1. The molecule has 0 aliphatic rings. The van der Waals surface area contributed by atoms with Gasteiger partial charge in [0.2, 0.25) is 0 Å². The molecule has 0 aliphatic heterocycles. The predicted molar refractivity (Wildman–Crippen MR) is 75.6 cm³/mol. The van der Waals surface area contributed by atoms with Crippen molar-refractivity contribution < 1.29 is 14.3 Å². The van der Waals surface area contributed by atoms with Crippen LogP contribution in [0.2, 0.25) is 0 Å². The summed E-state index contributed by atoms with van der Waals surface area (Å²) >= 11 is 0. The third-order valence-corrected chi connectivity index (χ3v) is 3.25. The molecule has 2 heterocycles. The van der Waals surface area contributed by atoms with Crippen molar-refractivity contribution in [3.8, 4) is 11.3 Å². The molecular weight excluding hydrogens is 273 g/mol. The number of aromatic carboxylic acids is 1. The fraction of sp³-hybridized carbons (Fsp3) is 0.133. The number of fused-ring (bicyclic) bond motifs is 1. The van der Waals surface area contributed by atoms with Gasteiger partial charge in [-0.05, 0) is 12.1 Å². The van der Waals surface area contributed by atoms with Crippen molar-refractivity contribution in [1.82, 2.24) is 15.0 Å². The maximum Gasteiger partial charge on any atom is 0.338 e. The Morgan fingerprint density at radius 2 is 2.10 bits per heavy atom. The van der Waals surface area contributed by atoms with E-state index in [1.807, 2.05) is 6.92 Å². The number of nitrogens with one attached hydrogen (secondary N) is 1. The minimum Gasteiger partial charge on any atom is -0.478 e. The molecule has 3 aromatic rings. The molecule has 2 aromatic heterocycles. The highest BCUT2D eigenvalue weighted by molar-refractivity contribution is 6.07. The third kappa shape index (κ3) is 2.14. The molecule has 0 saturated heterocycles. The molecule has 0 aliphatic carbocycles. The van der Waals surface area contributed by atoms with Crippen molar-refractivity contribution in [2.24, 2.45) is 0 Å². The summed E-state index contributed by atoms with van der Waals surface area (Å²) in [5.41, 5.74) is 0.999. The Kier molecular flexibility index (Phi) is 3.13. The van der Waals surface area contributed by atoms with E-state index in [2.05, 4.69) is 15.0 Å². The lowest BCUT2D eigenvalue weighted by Gasteiger charge is -2.07. The Balaban J connectivity index is 2.41. The minimum absolute atomic E-state index is 0.0332. The second-order valence-corrected chi connectivity index (χ2v) is 4.55. The first kappa shape index (κ1) is 13.2. The van der Waals surface area contributed by atoms with Gasteiger partial charge in [0.15, 0.2) is 0 Å². The molecule has 21 heavy (non-hydrogen) atoms. The molecule has 0 bridgehead atoms. The van der Waals surface area contributed by atoms with E-state index in [9.17, 15) is 14.3 Å². The molecule has 0 spiro atoms. The molecular formula is C15H12FN3O2. The smallest absolute Gasteiger partial charge is 0.338 e. The molecule has 0 amide bonds. The van der Waals surface area contributed by atoms with E-state index in [1.165, 1.54) is 12.3 Å². The molecule has 0 fully saturated rings. The SMILES string of the molecule is CCc1nc(-c2ccccc2F)c2c(C(=O)O)c[nH]c2n1. The van der Waals surface area contributed by atoms with Crippen molar-refractivity contribution in [1.29, 1.82) is 0 Å². The molecule has 2 N–H and O–H groups in total. The molecule has 106 valence electrons. The summed E-state index contributed by atoms with van der Waals surface area (Å²) in [5.74, 6) is -1.02. The highest BCUT2D eigenvalue weighted by Gasteiger charge is 2.20. The lowest BCUT2D eigenvalue weighted by Crippen LogP contribution is -2.01. The van der Waals surface area contributed by atoms with Crippen LogP contribution in [0.15, 0.2) is 30.5 Å². The molecule has 6 heteroatoms. The predicted octanol–water partition coefficient (Wildman–Crippen LogP) is 3.02. The fourth-order valence-corrected chi connectivity index (χ4v) is 2.25. The van der Waals surface area contributed by atoms with E-state index in [0.717, 1.165) is 0 Å². The average molecular weight is 285 g/mol. The number of hydrogen-bond donors (Lipinski definition) is 2. The lowest BCUT2D eigenvalue weighted by atomic mass is 10.1. The number of carboxylic acid groups (broad SMARTS) is 1. The number of nitrogens with zero attached hydrogens (tertiary/aromatic N) is 2. The molecule has 0 saturated carbocycles.